The summed E-state index contributed by atoms with van der Waals surface area (Å²) in [5.74, 6) is -0.870. The van der Waals surface area contributed by atoms with Crippen molar-refractivity contribution in [2.75, 3.05) is 26.7 Å². The van der Waals surface area contributed by atoms with Crippen molar-refractivity contribution in [2.45, 2.75) is 32.0 Å². The number of carbonyl (C=O) groups is 1. The molecular formula is C13H21N3O3S. The van der Waals surface area contributed by atoms with E-state index in [1.54, 1.807) is 23.3 Å². The molecular weight excluding hydrogens is 278 g/mol. The molecule has 2 heterocycles. The van der Waals surface area contributed by atoms with E-state index in [-0.39, 0.29) is 12.6 Å². The number of likely N-dealkylation sites (tertiary alicyclic amines) is 1. The van der Waals surface area contributed by atoms with Crippen LogP contribution >= 0.6 is 11.3 Å². The van der Waals surface area contributed by atoms with Gasteiger partial charge in [-0.05, 0) is 13.5 Å². The Balaban J connectivity index is 1.91. The highest BCUT2D eigenvalue weighted by atomic mass is 32.1. The van der Waals surface area contributed by atoms with Crippen LogP contribution in [0, 0.1) is 0 Å². The third kappa shape index (κ3) is 3.76. The van der Waals surface area contributed by atoms with Crippen molar-refractivity contribution < 1.29 is 15.0 Å². The van der Waals surface area contributed by atoms with Gasteiger partial charge in [0.15, 0.2) is 0 Å². The minimum atomic E-state index is -0.870. The molecule has 2 rings (SSSR count). The summed E-state index contributed by atoms with van der Waals surface area (Å²) < 4.78 is 0. The van der Waals surface area contributed by atoms with E-state index in [0.717, 1.165) is 17.1 Å². The van der Waals surface area contributed by atoms with Crippen molar-refractivity contribution in [1.29, 1.82) is 0 Å². The monoisotopic (exact) mass is 299 g/mol. The molecule has 0 bridgehead atoms. The first-order chi connectivity index (χ1) is 9.49. The number of aromatic nitrogens is 1. The van der Waals surface area contributed by atoms with Crippen LogP contribution in [0.5, 0.6) is 0 Å². The molecule has 1 unspecified atom stereocenters. The summed E-state index contributed by atoms with van der Waals surface area (Å²) in [4.78, 5) is 19.1. The largest absolute Gasteiger partial charge is 0.480 e. The second-order valence-electron chi connectivity index (χ2n) is 5.22. The molecule has 1 aliphatic rings. The van der Waals surface area contributed by atoms with Crippen molar-refractivity contribution in [2.24, 2.45) is 0 Å². The fourth-order valence-corrected chi connectivity index (χ4v) is 3.29. The molecule has 0 amide bonds. The van der Waals surface area contributed by atoms with Gasteiger partial charge < -0.3 is 10.2 Å². The Kier molecular flexibility index (Phi) is 5.09. The molecule has 1 aromatic rings. The van der Waals surface area contributed by atoms with Gasteiger partial charge in [-0.15, -0.1) is 11.3 Å². The van der Waals surface area contributed by atoms with Gasteiger partial charge >= 0.3 is 5.97 Å². The highest BCUT2D eigenvalue weighted by Crippen LogP contribution is 2.19. The molecule has 7 heteroatoms. The summed E-state index contributed by atoms with van der Waals surface area (Å²) in [6.45, 7) is 3.98. The molecule has 112 valence electrons. The summed E-state index contributed by atoms with van der Waals surface area (Å²) in [7, 11) is 1.74. The third-order valence-corrected chi connectivity index (χ3v) is 4.61. The predicted octanol–water partition coefficient (Wildman–Crippen LogP) is 0.267. The topological polar surface area (TPSA) is 76.9 Å². The van der Waals surface area contributed by atoms with Gasteiger partial charge in [-0.2, -0.15) is 0 Å². The number of aliphatic carboxylic acids is 1. The van der Waals surface area contributed by atoms with Crippen molar-refractivity contribution >= 4 is 17.3 Å². The van der Waals surface area contributed by atoms with Crippen molar-refractivity contribution in [3.63, 3.8) is 0 Å². The third-order valence-electron chi connectivity index (χ3n) is 3.57. The molecule has 20 heavy (non-hydrogen) atoms. The zero-order valence-electron chi connectivity index (χ0n) is 11.8. The Bertz CT molecular complexity index is 465. The second kappa shape index (κ2) is 6.62. The minimum Gasteiger partial charge on any atom is -0.480 e. The van der Waals surface area contributed by atoms with E-state index >= 15 is 0 Å². The minimum absolute atomic E-state index is 0.0494. The van der Waals surface area contributed by atoms with Gasteiger partial charge in [0, 0.05) is 31.1 Å². The second-order valence-corrected chi connectivity index (χ2v) is 6.17. The van der Waals surface area contributed by atoms with Crippen LogP contribution in [0.15, 0.2) is 5.38 Å². The number of aliphatic hydroxyl groups is 1. The smallest absolute Gasteiger partial charge is 0.317 e. The van der Waals surface area contributed by atoms with Gasteiger partial charge in [-0.3, -0.25) is 14.6 Å². The van der Waals surface area contributed by atoms with E-state index in [0.29, 0.717) is 19.6 Å². The van der Waals surface area contributed by atoms with Crippen LogP contribution in [-0.4, -0.2) is 69.8 Å². The van der Waals surface area contributed by atoms with E-state index in [1.807, 2.05) is 0 Å². The zero-order valence-corrected chi connectivity index (χ0v) is 12.6. The Hall–Kier alpha value is -1.02. The maximum atomic E-state index is 10.7. The molecule has 1 aromatic heterocycles. The first-order valence-corrected chi connectivity index (χ1v) is 7.63. The lowest BCUT2D eigenvalue weighted by Crippen LogP contribution is -2.43. The van der Waals surface area contributed by atoms with Crippen LogP contribution < -0.4 is 0 Å². The Labute approximate surface area is 122 Å². The van der Waals surface area contributed by atoms with Crippen LogP contribution in [0.1, 0.15) is 17.6 Å². The SMILES string of the molecule is CCc1nc(CN2CC(N(C)CC(=O)O)[C@H](O)C2)cs1. The maximum absolute atomic E-state index is 10.7. The number of rotatable bonds is 6. The number of aliphatic hydroxyl groups excluding tert-OH is 1. The van der Waals surface area contributed by atoms with Crippen molar-refractivity contribution in [3.8, 4) is 0 Å². The summed E-state index contributed by atoms with van der Waals surface area (Å²) in [5, 5.41) is 22.1. The Morgan fingerprint density at radius 1 is 1.60 bits per heavy atom. The molecule has 0 spiro atoms. The highest BCUT2D eigenvalue weighted by molar-refractivity contribution is 7.09. The molecule has 0 aliphatic carbocycles. The first-order valence-electron chi connectivity index (χ1n) is 6.75. The van der Waals surface area contributed by atoms with Gasteiger partial charge in [0.2, 0.25) is 0 Å². The average Bonchev–Trinajstić information content (AvgIpc) is 2.95. The summed E-state index contributed by atoms with van der Waals surface area (Å²) >= 11 is 1.66. The number of thiazole rings is 1. The lowest BCUT2D eigenvalue weighted by atomic mass is 10.2. The van der Waals surface area contributed by atoms with Crippen LogP contribution in [0.3, 0.4) is 0 Å². The maximum Gasteiger partial charge on any atom is 0.317 e. The van der Waals surface area contributed by atoms with Crippen LogP contribution in [0.2, 0.25) is 0 Å². The zero-order chi connectivity index (χ0) is 14.7. The first kappa shape index (κ1) is 15.4. The van der Waals surface area contributed by atoms with Gasteiger partial charge in [-0.1, -0.05) is 6.92 Å². The standard InChI is InChI=1S/C13H21N3O3S/c1-3-12-14-9(8-20-12)4-16-5-10(11(17)6-16)15(2)7-13(18)19/h8,10-11,17H,3-7H2,1-2H3,(H,18,19)/t10?,11-/m1/s1. The van der Waals surface area contributed by atoms with Gasteiger partial charge in [-0.25, -0.2) is 4.98 Å². The van der Waals surface area contributed by atoms with Gasteiger partial charge in [0.25, 0.3) is 0 Å². The van der Waals surface area contributed by atoms with Gasteiger partial charge in [0.05, 0.1) is 23.4 Å². The predicted molar refractivity (Wildman–Crippen MR) is 76.8 cm³/mol. The Morgan fingerprint density at radius 3 is 2.95 bits per heavy atom. The highest BCUT2D eigenvalue weighted by Gasteiger charge is 2.34. The summed E-state index contributed by atoms with van der Waals surface area (Å²) in [6.07, 6.45) is 0.431. The lowest BCUT2D eigenvalue weighted by Gasteiger charge is -2.24. The van der Waals surface area contributed by atoms with Crippen LogP contribution in [-0.2, 0) is 17.8 Å². The quantitative estimate of drug-likeness (QED) is 0.785. The number of β-amino-alcohol motifs (C(OH)–C–C–N with tert-alkyl or cyclic N) is 1. The van der Waals surface area contributed by atoms with Crippen molar-refractivity contribution in [3.05, 3.63) is 16.1 Å². The number of nitrogens with zero attached hydrogens (tertiary/aromatic N) is 3. The number of aryl methyl sites for hydroxylation is 1. The van der Waals surface area contributed by atoms with E-state index in [1.165, 1.54) is 0 Å². The number of hydrogen-bond donors (Lipinski definition) is 2. The lowest BCUT2D eigenvalue weighted by molar-refractivity contribution is -0.138. The number of carboxylic acid groups (broad SMARTS) is 1. The Morgan fingerprint density at radius 2 is 2.35 bits per heavy atom. The van der Waals surface area contributed by atoms with E-state index in [9.17, 15) is 9.90 Å². The summed E-state index contributed by atoms with van der Waals surface area (Å²) in [6, 6.07) is -0.129. The average molecular weight is 299 g/mol. The van der Waals surface area contributed by atoms with E-state index in [4.69, 9.17) is 5.11 Å². The molecule has 2 N–H and O–H groups in total. The number of carboxylic acids is 1. The fraction of sp³-hybridized carbons (Fsp3) is 0.692. The normalized spacial score (nSPS) is 23.6. The molecule has 1 fully saturated rings. The molecule has 6 nitrogen and oxygen atoms in total. The van der Waals surface area contributed by atoms with Crippen LogP contribution in [0.4, 0.5) is 0 Å². The van der Waals surface area contributed by atoms with Crippen molar-refractivity contribution in [1.82, 2.24) is 14.8 Å². The molecule has 2 atom stereocenters. The van der Waals surface area contributed by atoms with Crippen LogP contribution in [0.25, 0.3) is 0 Å². The molecule has 1 aliphatic heterocycles. The molecule has 0 radical (unpaired) electrons. The van der Waals surface area contributed by atoms with E-state index < -0.39 is 12.1 Å². The summed E-state index contributed by atoms with van der Waals surface area (Å²) in [5.41, 5.74) is 1.03. The van der Waals surface area contributed by atoms with Gasteiger partial charge in [0.1, 0.15) is 0 Å². The molecule has 0 saturated carbocycles. The fourth-order valence-electron chi connectivity index (χ4n) is 2.55. The number of likely N-dealkylation sites (N-methyl/N-ethyl adjacent to an activating group) is 1. The molecule has 0 aromatic carbocycles. The molecule has 1 saturated heterocycles. The van der Waals surface area contributed by atoms with E-state index in [2.05, 4.69) is 22.2 Å². The number of hydrogen-bond acceptors (Lipinski definition) is 6.